The molecule has 192 valence electrons. The number of hydrogen-bond acceptors (Lipinski definition) is 5. The van der Waals surface area contributed by atoms with Gasteiger partial charge >= 0.3 is 5.97 Å². The van der Waals surface area contributed by atoms with Crippen LogP contribution in [0.25, 0.3) is 5.69 Å². The number of nitrogens with zero attached hydrogens (tertiary/aromatic N) is 2. The quantitative estimate of drug-likeness (QED) is 0.343. The number of aliphatic carboxylic acids is 1. The van der Waals surface area contributed by atoms with Gasteiger partial charge in [-0.3, -0.25) is 9.59 Å². The molecule has 1 aromatic heterocycles. The lowest BCUT2D eigenvalue weighted by molar-refractivity contribution is -0.137. The van der Waals surface area contributed by atoms with Gasteiger partial charge in [0.1, 0.15) is 12.2 Å². The average Bonchev–Trinajstić information content (AvgIpc) is 3.23. The molecule has 0 spiro atoms. The third-order valence-electron chi connectivity index (χ3n) is 6.07. The number of halogens is 2. The van der Waals surface area contributed by atoms with Crippen LogP contribution >= 0.6 is 23.2 Å². The number of carbonyl (C=O) groups is 2. The summed E-state index contributed by atoms with van der Waals surface area (Å²) < 4.78 is 7.39. The molecular weight excluding hydrogens is 505 g/mol. The molecule has 0 fully saturated rings. The number of nitrogens with one attached hydrogen (secondary N) is 1. The number of carbonyl (C=O) groups excluding carboxylic acids is 1. The SMILES string of the molecule is CC(C)(C)C(C)(O)COc1cc(C(=O)NC(CC(=O)O)c2cccc(Cl)c2Cl)nn1-c1ccccc1. The normalized spacial score (nSPS) is 14.1. The van der Waals surface area contributed by atoms with Crippen LogP contribution in [-0.4, -0.2) is 44.1 Å². The van der Waals surface area contributed by atoms with E-state index < -0.39 is 35.4 Å². The number of amides is 1. The molecule has 3 N–H and O–H groups in total. The van der Waals surface area contributed by atoms with Crippen LogP contribution in [0.15, 0.2) is 54.6 Å². The predicted octanol–water partition coefficient (Wildman–Crippen LogP) is 5.30. The standard InChI is InChI=1S/C26H29Cl2N3O5/c1-25(2,3)26(4,35)15-36-21-13-20(30-31(21)16-9-6-5-7-10-16)24(34)29-19(14-22(32)33)17-11-8-12-18(27)23(17)28/h5-13,19,35H,14-15H2,1-4H3,(H,29,34)(H,32,33). The van der Waals surface area contributed by atoms with Crippen molar-refractivity contribution in [3.8, 4) is 11.6 Å². The first-order valence-corrected chi connectivity index (χ1v) is 12.0. The van der Waals surface area contributed by atoms with Crippen molar-refractivity contribution in [1.29, 1.82) is 0 Å². The van der Waals surface area contributed by atoms with Crippen molar-refractivity contribution >= 4 is 35.1 Å². The van der Waals surface area contributed by atoms with Gasteiger partial charge in [-0.15, -0.1) is 0 Å². The van der Waals surface area contributed by atoms with E-state index in [0.29, 0.717) is 11.3 Å². The van der Waals surface area contributed by atoms with Gasteiger partial charge in [0.15, 0.2) is 5.69 Å². The maximum absolute atomic E-state index is 13.2. The van der Waals surface area contributed by atoms with Gasteiger partial charge in [0, 0.05) is 6.07 Å². The van der Waals surface area contributed by atoms with Gasteiger partial charge in [0.05, 0.1) is 28.2 Å². The first kappa shape index (κ1) is 27.5. The van der Waals surface area contributed by atoms with Crippen LogP contribution in [0.1, 0.15) is 56.2 Å². The molecule has 0 saturated carbocycles. The van der Waals surface area contributed by atoms with Crippen LogP contribution in [0.3, 0.4) is 0 Å². The molecule has 3 rings (SSSR count). The van der Waals surface area contributed by atoms with E-state index in [4.69, 9.17) is 27.9 Å². The van der Waals surface area contributed by atoms with Crippen molar-refractivity contribution < 1.29 is 24.5 Å². The Bertz CT molecular complexity index is 1240. The highest BCUT2D eigenvalue weighted by Gasteiger charge is 2.36. The Hall–Kier alpha value is -3.07. The third kappa shape index (κ3) is 6.37. The smallest absolute Gasteiger partial charge is 0.305 e. The summed E-state index contributed by atoms with van der Waals surface area (Å²) in [5.74, 6) is -1.51. The summed E-state index contributed by atoms with van der Waals surface area (Å²) in [6.45, 7) is 7.32. The summed E-state index contributed by atoms with van der Waals surface area (Å²) in [6.07, 6.45) is -0.414. The molecule has 1 amide bonds. The molecule has 0 aliphatic heterocycles. The zero-order valence-corrected chi connectivity index (χ0v) is 22.0. The largest absolute Gasteiger partial charge is 0.481 e. The Kier molecular flexibility index (Phi) is 8.33. The van der Waals surface area contributed by atoms with Crippen LogP contribution in [0.4, 0.5) is 0 Å². The Morgan fingerprint density at radius 3 is 2.36 bits per heavy atom. The molecule has 10 heteroatoms. The predicted molar refractivity (Wildman–Crippen MR) is 138 cm³/mol. The maximum atomic E-state index is 13.2. The molecule has 36 heavy (non-hydrogen) atoms. The highest BCUT2D eigenvalue weighted by molar-refractivity contribution is 6.42. The van der Waals surface area contributed by atoms with Crippen molar-refractivity contribution in [2.24, 2.45) is 5.41 Å². The summed E-state index contributed by atoms with van der Waals surface area (Å²) in [5.41, 5.74) is -0.623. The molecule has 0 aliphatic carbocycles. The molecule has 8 nitrogen and oxygen atoms in total. The van der Waals surface area contributed by atoms with Gasteiger partial charge in [-0.1, -0.05) is 74.3 Å². The number of ether oxygens (including phenoxy) is 1. The van der Waals surface area contributed by atoms with Crippen molar-refractivity contribution in [2.75, 3.05) is 6.61 Å². The Morgan fingerprint density at radius 1 is 1.08 bits per heavy atom. The fourth-order valence-electron chi connectivity index (χ4n) is 3.20. The molecule has 2 atom stereocenters. The second-order valence-electron chi connectivity index (χ2n) is 9.69. The number of carboxylic acids is 1. The zero-order valence-electron chi connectivity index (χ0n) is 20.5. The number of aliphatic hydroxyl groups is 1. The van der Waals surface area contributed by atoms with E-state index in [9.17, 15) is 19.8 Å². The fraction of sp³-hybridized carbons (Fsp3) is 0.346. The number of para-hydroxylation sites is 1. The monoisotopic (exact) mass is 533 g/mol. The van der Waals surface area contributed by atoms with Crippen molar-refractivity contribution in [1.82, 2.24) is 15.1 Å². The summed E-state index contributed by atoms with van der Waals surface area (Å²) in [5, 5.41) is 27.8. The summed E-state index contributed by atoms with van der Waals surface area (Å²) in [7, 11) is 0. The summed E-state index contributed by atoms with van der Waals surface area (Å²) in [4.78, 5) is 24.7. The van der Waals surface area contributed by atoms with Crippen molar-refractivity contribution in [2.45, 2.75) is 45.8 Å². The van der Waals surface area contributed by atoms with Gasteiger partial charge in [-0.2, -0.15) is 5.10 Å². The molecular formula is C26H29Cl2N3O5. The van der Waals surface area contributed by atoms with E-state index in [1.165, 1.54) is 10.7 Å². The van der Waals surface area contributed by atoms with Crippen LogP contribution in [0, 0.1) is 5.41 Å². The zero-order chi connectivity index (χ0) is 26.7. The number of carboxylic acid groups (broad SMARTS) is 1. The lowest BCUT2D eigenvalue weighted by atomic mass is 9.78. The van der Waals surface area contributed by atoms with Crippen molar-refractivity contribution in [3.05, 3.63) is 75.9 Å². The minimum Gasteiger partial charge on any atom is -0.481 e. The van der Waals surface area contributed by atoms with Gasteiger partial charge < -0.3 is 20.3 Å². The topological polar surface area (TPSA) is 114 Å². The van der Waals surface area contributed by atoms with E-state index >= 15 is 0 Å². The Morgan fingerprint density at radius 2 is 1.75 bits per heavy atom. The molecule has 2 aromatic carbocycles. The van der Waals surface area contributed by atoms with E-state index in [1.54, 1.807) is 37.3 Å². The highest BCUT2D eigenvalue weighted by atomic mass is 35.5. The van der Waals surface area contributed by atoms with Gasteiger partial charge in [-0.05, 0) is 36.1 Å². The van der Waals surface area contributed by atoms with E-state index in [0.717, 1.165) is 0 Å². The highest BCUT2D eigenvalue weighted by Crippen LogP contribution is 2.33. The number of aromatic nitrogens is 2. The van der Waals surface area contributed by atoms with Gasteiger partial charge in [0.25, 0.3) is 5.91 Å². The van der Waals surface area contributed by atoms with Crippen molar-refractivity contribution in [3.63, 3.8) is 0 Å². The summed E-state index contributed by atoms with van der Waals surface area (Å²) >= 11 is 12.4. The molecule has 0 radical (unpaired) electrons. The number of rotatable bonds is 9. The Balaban J connectivity index is 1.94. The van der Waals surface area contributed by atoms with Crippen LogP contribution < -0.4 is 10.1 Å². The fourth-order valence-corrected chi connectivity index (χ4v) is 3.64. The maximum Gasteiger partial charge on any atom is 0.305 e. The minimum atomic E-state index is -1.17. The van der Waals surface area contributed by atoms with Crippen LogP contribution in [0.5, 0.6) is 5.88 Å². The average molecular weight is 534 g/mol. The minimum absolute atomic E-state index is 0.00204. The molecule has 0 bridgehead atoms. The first-order valence-electron chi connectivity index (χ1n) is 11.3. The van der Waals surface area contributed by atoms with E-state index in [2.05, 4.69) is 10.4 Å². The number of hydrogen-bond donors (Lipinski definition) is 3. The third-order valence-corrected chi connectivity index (χ3v) is 6.90. The molecule has 2 unspecified atom stereocenters. The van der Waals surface area contributed by atoms with E-state index in [-0.39, 0.29) is 28.2 Å². The first-order chi connectivity index (χ1) is 16.8. The van der Waals surface area contributed by atoms with Gasteiger partial charge in [0.2, 0.25) is 5.88 Å². The van der Waals surface area contributed by atoms with Crippen LogP contribution in [-0.2, 0) is 4.79 Å². The lowest BCUT2D eigenvalue weighted by Gasteiger charge is -2.36. The molecule has 0 saturated heterocycles. The van der Waals surface area contributed by atoms with Gasteiger partial charge in [-0.25, -0.2) is 4.68 Å². The molecule has 3 aromatic rings. The summed E-state index contributed by atoms with van der Waals surface area (Å²) in [6, 6.07) is 14.4. The van der Waals surface area contributed by atoms with E-state index in [1.807, 2.05) is 39.0 Å². The second kappa shape index (κ2) is 10.9. The molecule has 0 aliphatic rings. The lowest BCUT2D eigenvalue weighted by Crippen LogP contribution is -2.45. The van der Waals surface area contributed by atoms with Crippen LogP contribution in [0.2, 0.25) is 10.0 Å². The number of benzene rings is 2. The second-order valence-corrected chi connectivity index (χ2v) is 10.5. The molecule has 1 heterocycles. The Labute approximate surface area is 219 Å².